The van der Waals surface area contributed by atoms with E-state index in [1.54, 1.807) is 42.7 Å². The number of carbonyl (C=O) groups is 1. The van der Waals surface area contributed by atoms with Gasteiger partial charge in [-0.05, 0) is 55.8 Å². The summed E-state index contributed by atoms with van der Waals surface area (Å²) in [6.45, 7) is 3.54. The van der Waals surface area contributed by atoms with Crippen molar-refractivity contribution in [1.29, 1.82) is 0 Å². The molecule has 1 atom stereocenters. The van der Waals surface area contributed by atoms with Crippen molar-refractivity contribution in [3.63, 3.8) is 0 Å². The maximum absolute atomic E-state index is 14.1. The fourth-order valence-corrected chi connectivity index (χ4v) is 4.05. The third kappa shape index (κ3) is 5.43. The standard InChI is InChI=1S/C25H22F2N4O2S/c1-16-12-13-18(26)14-21(16)28-23(32)15-34-25-30-29-24(31(25)19-8-4-3-5-9-19)17(2)33-22-11-7-6-10-20(22)27/h3-14,17H,15H2,1-2H3,(H,28,32). The molecule has 0 saturated carbocycles. The first kappa shape index (κ1) is 23.4. The zero-order chi connectivity index (χ0) is 24.1. The van der Waals surface area contributed by atoms with Crippen LogP contribution in [-0.2, 0) is 4.79 Å². The summed E-state index contributed by atoms with van der Waals surface area (Å²) in [4.78, 5) is 12.5. The Labute approximate surface area is 200 Å². The van der Waals surface area contributed by atoms with Gasteiger partial charge in [-0.3, -0.25) is 9.36 Å². The number of aryl methyl sites for hydroxylation is 1. The van der Waals surface area contributed by atoms with Crippen LogP contribution in [0.3, 0.4) is 0 Å². The number of nitrogens with one attached hydrogen (secondary N) is 1. The molecular formula is C25H22F2N4O2S. The van der Waals surface area contributed by atoms with E-state index in [1.807, 2.05) is 30.3 Å². The summed E-state index contributed by atoms with van der Waals surface area (Å²) in [7, 11) is 0. The van der Waals surface area contributed by atoms with Crippen LogP contribution in [0.4, 0.5) is 14.5 Å². The number of ether oxygens (including phenoxy) is 1. The quantitative estimate of drug-likeness (QED) is 0.327. The Bertz CT molecular complexity index is 1300. The summed E-state index contributed by atoms with van der Waals surface area (Å²) in [6.07, 6.45) is -0.622. The van der Waals surface area contributed by atoms with Crippen LogP contribution in [0.25, 0.3) is 5.69 Å². The maximum atomic E-state index is 14.1. The molecule has 1 amide bonds. The predicted octanol–water partition coefficient (Wildman–Crippen LogP) is 5.72. The minimum atomic E-state index is -0.622. The Balaban J connectivity index is 1.55. The lowest BCUT2D eigenvalue weighted by Crippen LogP contribution is -2.16. The monoisotopic (exact) mass is 480 g/mol. The van der Waals surface area contributed by atoms with Crippen molar-refractivity contribution in [2.24, 2.45) is 0 Å². The number of aromatic nitrogens is 3. The molecule has 1 heterocycles. The van der Waals surface area contributed by atoms with Crippen molar-refractivity contribution in [2.45, 2.75) is 25.1 Å². The molecule has 1 unspecified atom stereocenters. The van der Waals surface area contributed by atoms with E-state index in [-0.39, 0.29) is 17.4 Å². The third-order valence-corrected chi connectivity index (χ3v) is 5.91. The summed E-state index contributed by atoms with van der Waals surface area (Å²) in [5, 5.41) is 11.7. The summed E-state index contributed by atoms with van der Waals surface area (Å²) in [5.74, 6) is -0.609. The topological polar surface area (TPSA) is 69.0 Å². The van der Waals surface area contributed by atoms with Gasteiger partial charge in [0.05, 0.1) is 5.75 Å². The van der Waals surface area contributed by atoms with Crippen molar-refractivity contribution in [2.75, 3.05) is 11.1 Å². The second-order valence-corrected chi connectivity index (χ2v) is 8.44. The number of carbonyl (C=O) groups excluding carboxylic acids is 1. The number of hydrogen-bond donors (Lipinski definition) is 1. The number of para-hydroxylation sites is 2. The van der Waals surface area contributed by atoms with Gasteiger partial charge in [-0.2, -0.15) is 0 Å². The first-order chi connectivity index (χ1) is 16.4. The highest BCUT2D eigenvalue weighted by Crippen LogP contribution is 2.29. The molecule has 6 nitrogen and oxygen atoms in total. The zero-order valence-corrected chi connectivity index (χ0v) is 19.4. The number of amides is 1. The Morgan fingerprint density at radius 2 is 1.79 bits per heavy atom. The van der Waals surface area contributed by atoms with E-state index in [4.69, 9.17) is 4.74 Å². The van der Waals surface area contributed by atoms with Crippen LogP contribution in [0.5, 0.6) is 5.75 Å². The third-order valence-electron chi connectivity index (χ3n) is 4.98. The molecule has 0 aliphatic rings. The van der Waals surface area contributed by atoms with Crippen molar-refractivity contribution >= 4 is 23.4 Å². The minimum absolute atomic E-state index is 0.0312. The molecule has 4 rings (SSSR count). The molecule has 0 bridgehead atoms. The number of rotatable bonds is 8. The lowest BCUT2D eigenvalue weighted by atomic mass is 10.2. The van der Waals surface area contributed by atoms with Crippen LogP contribution in [0, 0.1) is 18.6 Å². The van der Waals surface area contributed by atoms with Gasteiger partial charge >= 0.3 is 0 Å². The predicted molar refractivity (Wildman–Crippen MR) is 127 cm³/mol. The van der Waals surface area contributed by atoms with E-state index in [9.17, 15) is 13.6 Å². The molecule has 4 aromatic rings. The molecule has 3 aromatic carbocycles. The molecule has 0 aliphatic heterocycles. The van der Waals surface area contributed by atoms with Gasteiger partial charge in [-0.1, -0.05) is 48.2 Å². The average Bonchev–Trinajstić information content (AvgIpc) is 3.26. The van der Waals surface area contributed by atoms with E-state index in [0.29, 0.717) is 16.7 Å². The van der Waals surface area contributed by atoms with Crippen molar-refractivity contribution in [3.05, 3.63) is 95.8 Å². The van der Waals surface area contributed by atoms with Crippen LogP contribution in [0.1, 0.15) is 24.4 Å². The van der Waals surface area contributed by atoms with Crippen LogP contribution in [-0.4, -0.2) is 26.4 Å². The average molecular weight is 481 g/mol. The smallest absolute Gasteiger partial charge is 0.234 e. The molecule has 1 N–H and O–H groups in total. The molecule has 174 valence electrons. The normalized spacial score (nSPS) is 11.8. The number of halogens is 2. The highest BCUT2D eigenvalue weighted by molar-refractivity contribution is 7.99. The SMILES string of the molecule is Cc1ccc(F)cc1NC(=O)CSc1nnc(C(C)Oc2ccccc2F)n1-c1ccccc1. The van der Waals surface area contributed by atoms with Gasteiger partial charge in [-0.25, -0.2) is 8.78 Å². The second-order valence-electron chi connectivity index (χ2n) is 7.50. The van der Waals surface area contributed by atoms with Crippen LogP contribution >= 0.6 is 11.8 Å². The van der Waals surface area contributed by atoms with Gasteiger partial charge in [0, 0.05) is 11.4 Å². The molecule has 0 spiro atoms. The Morgan fingerprint density at radius 3 is 2.56 bits per heavy atom. The summed E-state index contributed by atoms with van der Waals surface area (Å²) in [6, 6.07) is 19.8. The first-order valence-electron chi connectivity index (χ1n) is 10.5. The highest BCUT2D eigenvalue weighted by Gasteiger charge is 2.22. The second kappa shape index (κ2) is 10.5. The van der Waals surface area contributed by atoms with Gasteiger partial charge in [-0.15, -0.1) is 10.2 Å². The summed E-state index contributed by atoms with van der Waals surface area (Å²) >= 11 is 1.18. The van der Waals surface area contributed by atoms with Gasteiger partial charge in [0.2, 0.25) is 5.91 Å². The number of hydrogen-bond acceptors (Lipinski definition) is 5. The number of benzene rings is 3. The van der Waals surface area contributed by atoms with Gasteiger partial charge in [0.25, 0.3) is 0 Å². The van der Waals surface area contributed by atoms with Gasteiger partial charge in [0.1, 0.15) is 5.82 Å². The van der Waals surface area contributed by atoms with Crippen molar-refractivity contribution < 1.29 is 18.3 Å². The minimum Gasteiger partial charge on any atom is -0.480 e. The molecule has 1 aromatic heterocycles. The maximum Gasteiger partial charge on any atom is 0.234 e. The zero-order valence-electron chi connectivity index (χ0n) is 18.5. The fourth-order valence-electron chi connectivity index (χ4n) is 3.29. The van der Waals surface area contributed by atoms with Crippen molar-refractivity contribution in [1.82, 2.24) is 14.8 Å². The van der Waals surface area contributed by atoms with E-state index in [2.05, 4.69) is 15.5 Å². The number of anilines is 1. The van der Waals surface area contributed by atoms with Crippen LogP contribution in [0.15, 0.2) is 78.0 Å². The van der Waals surface area contributed by atoms with E-state index in [0.717, 1.165) is 11.3 Å². The van der Waals surface area contributed by atoms with E-state index < -0.39 is 17.7 Å². The number of thioether (sulfide) groups is 1. The molecule has 0 radical (unpaired) electrons. The Hall–Kier alpha value is -3.72. The Morgan fingerprint density at radius 1 is 1.06 bits per heavy atom. The fraction of sp³-hybridized carbons (Fsp3) is 0.160. The highest BCUT2D eigenvalue weighted by atomic mass is 32.2. The van der Waals surface area contributed by atoms with Gasteiger partial charge in [0.15, 0.2) is 28.7 Å². The Kier molecular flexibility index (Phi) is 7.22. The molecular weight excluding hydrogens is 458 g/mol. The lowest BCUT2D eigenvalue weighted by Gasteiger charge is -2.17. The lowest BCUT2D eigenvalue weighted by molar-refractivity contribution is -0.113. The van der Waals surface area contributed by atoms with Gasteiger partial charge < -0.3 is 10.1 Å². The summed E-state index contributed by atoms with van der Waals surface area (Å²) < 4.78 is 35.2. The largest absolute Gasteiger partial charge is 0.480 e. The molecule has 34 heavy (non-hydrogen) atoms. The van der Waals surface area contributed by atoms with Crippen LogP contribution in [0.2, 0.25) is 0 Å². The number of nitrogens with zero attached hydrogens (tertiary/aromatic N) is 3. The molecule has 9 heteroatoms. The molecule has 0 aliphatic carbocycles. The summed E-state index contributed by atoms with van der Waals surface area (Å²) in [5.41, 5.74) is 1.95. The van der Waals surface area contributed by atoms with E-state index >= 15 is 0 Å². The van der Waals surface area contributed by atoms with Crippen LogP contribution < -0.4 is 10.1 Å². The van der Waals surface area contributed by atoms with Crippen molar-refractivity contribution in [3.8, 4) is 11.4 Å². The first-order valence-corrected chi connectivity index (χ1v) is 11.5. The molecule has 0 saturated heterocycles. The van der Waals surface area contributed by atoms with E-state index in [1.165, 1.54) is 30.0 Å². The molecule has 0 fully saturated rings.